The van der Waals surface area contributed by atoms with Gasteiger partial charge in [-0.25, -0.2) is 19.7 Å². The van der Waals surface area contributed by atoms with Crippen LogP contribution in [0.3, 0.4) is 0 Å². The molecule has 2 aliphatic heterocycles. The zero-order chi connectivity index (χ0) is 39.1. The van der Waals surface area contributed by atoms with Gasteiger partial charge in [-0.1, -0.05) is 0 Å². The summed E-state index contributed by atoms with van der Waals surface area (Å²) in [7, 11) is 0. The predicted octanol–water partition coefficient (Wildman–Crippen LogP) is 7.70. The van der Waals surface area contributed by atoms with Crippen LogP contribution < -0.4 is 15.0 Å². The Labute approximate surface area is 328 Å². The van der Waals surface area contributed by atoms with Crippen LogP contribution in [-0.2, 0) is 15.7 Å². The molecule has 5 aliphatic carbocycles. The van der Waals surface area contributed by atoms with Crippen LogP contribution >= 0.6 is 0 Å². The molecule has 4 aromatic rings. The first-order valence-corrected chi connectivity index (χ1v) is 20.5. The molecule has 0 unspecified atom stereocenters. The third-order valence-corrected chi connectivity index (χ3v) is 14.4. The molecule has 2 saturated heterocycles. The van der Waals surface area contributed by atoms with Crippen molar-refractivity contribution in [3.8, 4) is 17.0 Å². The number of nitrogens with zero attached hydrogens (tertiary/aromatic N) is 5. The van der Waals surface area contributed by atoms with Crippen molar-refractivity contribution in [3.05, 3.63) is 66.2 Å². The quantitative estimate of drug-likeness (QED) is 0.185. The van der Waals surface area contributed by atoms with Gasteiger partial charge in [0.2, 0.25) is 5.95 Å². The van der Waals surface area contributed by atoms with Gasteiger partial charge >= 0.3 is 12.1 Å². The third-order valence-electron chi connectivity index (χ3n) is 14.4. The van der Waals surface area contributed by atoms with Crippen molar-refractivity contribution in [1.82, 2.24) is 24.8 Å². The van der Waals surface area contributed by atoms with Gasteiger partial charge in [0.25, 0.3) is 5.91 Å². The highest BCUT2D eigenvalue weighted by Crippen LogP contribution is 2.58. The molecular weight excluding hydrogens is 738 g/mol. The van der Waals surface area contributed by atoms with Crippen LogP contribution in [0.5, 0.6) is 5.75 Å². The van der Waals surface area contributed by atoms with Crippen molar-refractivity contribution in [3.63, 3.8) is 0 Å². The molecule has 5 saturated carbocycles. The summed E-state index contributed by atoms with van der Waals surface area (Å²) in [5, 5.41) is 14.0. The molecule has 1 amide bonds. The first kappa shape index (κ1) is 36.6. The zero-order valence-corrected chi connectivity index (χ0v) is 31.7. The van der Waals surface area contributed by atoms with Crippen LogP contribution in [0.2, 0.25) is 0 Å². The van der Waals surface area contributed by atoms with E-state index in [1.54, 1.807) is 18.5 Å². The number of alkyl halides is 3. The topological polar surface area (TPSA) is 132 Å². The molecule has 300 valence electrons. The average molecular weight is 785 g/mol. The first-order chi connectivity index (χ1) is 27.5. The van der Waals surface area contributed by atoms with Gasteiger partial charge in [-0.05, 0) is 112 Å². The van der Waals surface area contributed by atoms with Crippen LogP contribution in [0, 0.1) is 29.1 Å². The van der Waals surface area contributed by atoms with Crippen molar-refractivity contribution in [2.24, 2.45) is 29.1 Å². The lowest BCUT2D eigenvalue weighted by atomic mass is 9.48. The molecule has 0 atom stereocenters. The van der Waals surface area contributed by atoms with Crippen LogP contribution in [0.25, 0.3) is 22.2 Å². The SMILES string of the molecule is O=C(NC1(C(=O)O)C2CC3CC(C2)CC1C3)c1ccc(-c2cn(C3CCC4(CC3)COC4)c3cc(OC4CCN(c5ncccn5)CC4)ccc23)nc1C(F)(F)F. The number of hydrogen-bond acceptors (Lipinski definition) is 8. The second-order valence-electron chi connectivity index (χ2n) is 17.7. The van der Waals surface area contributed by atoms with Crippen molar-refractivity contribution in [2.75, 3.05) is 31.2 Å². The molecule has 1 spiro atoms. The largest absolute Gasteiger partial charge is 0.490 e. The molecule has 2 N–H and O–H groups in total. The zero-order valence-electron chi connectivity index (χ0n) is 31.7. The second-order valence-corrected chi connectivity index (χ2v) is 17.7. The van der Waals surface area contributed by atoms with Gasteiger partial charge in [-0.3, -0.25) is 4.79 Å². The normalized spacial score (nSPS) is 28.4. The summed E-state index contributed by atoms with van der Waals surface area (Å²) in [5.74, 6) is -0.611. The number of hydrogen-bond donors (Lipinski definition) is 2. The Balaban J connectivity index is 0.964. The maximum Gasteiger partial charge on any atom is 0.434 e. The number of piperidine rings is 1. The minimum atomic E-state index is -4.97. The van der Waals surface area contributed by atoms with Crippen LogP contribution in [0.1, 0.15) is 92.7 Å². The standard InChI is InChI=1S/C43H47F3N6O5/c44-43(45,46)37-33(38(53)50-42(39(54)55)27-17-25-16-26(19-27)20-28(42)18-25)4-5-35(49-37)34-22-52(29-6-10-41(11-7-29)23-56-24-41)36-21-31(2-3-32(34)36)57-30-8-14-51(15-9-30)40-47-12-1-13-48-40/h1-5,12-13,21-22,25-30H,6-11,14-20,23-24H2,(H,50,53)(H,54,55). The van der Waals surface area contributed by atoms with Crippen LogP contribution in [-0.4, -0.2) is 74.4 Å². The van der Waals surface area contributed by atoms with E-state index in [2.05, 4.69) is 29.7 Å². The summed E-state index contributed by atoms with van der Waals surface area (Å²) in [5.41, 5.74) is -1.88. The Kier molecular flexibility index (Phi) is 8.80. The summed E-state index contributed by atoms with van der Waals surface area (Å²) in [6, 6.07) is 10.3. The van der Waals surface area contributed by atoms with Crippen LogP contribution in [0.4, 0.5) is 19.1 Å². The van der Waals surface area contributed by atoms with Crippen LogP contribution in [0.15, 0.2) is 55.0 Å². The molecule has 4 bridgehead atoms. The van der Waals surface area contributed by atoms with Gasteiger partial charge in [0.05, 0.1) is 30.0 Å². The van der Waals surface area contributed by atoms with Gasteiger partial charge in [-0.2, -0.15) is 13.2 Å². The van der Waals surface area contributed by atoms with E-state index < -0.39 is 34.8 Å². The number of ether oxygens (including phenoxy) is 2. The van der Waals surface area contributed by atoms with Gasteiger partial charge in [0.1, 0.15) is 17.4 Å². The molecule has 11 nitrogen and oxygen atoms in total. The molecular formula is C43H47F3N6O5. The molecule has 57 heavy (non-hydrogen) atoms. The smallest absolute Gasteiger partial charge is 0.434 e. The van der Waals surface area contributed by atoms with Crippen molar-refractivity contribution < 1.29 is 37.3 Å². The molecule has 0 radical (unpaired) electrons. The molecule has 3 aromatic heterocycles. The number of carbonyl (C=O) groups excluding carboxylic acids is 1. The van der Waals surface area contributed by atoms with E-state index in [0.717, 1.165) is 82.2 Å². The number of aromatic nitrogens is 4. The number of nitrogens with one attached hydrogen (secondary N) is 1. The number of halogens is 3. The summed E-state index contributed by atoms with van der Waals surface area (Å²) in [4.78, 5) is 41.9. The number of fused-ring (bicyclic) bond motifs is 1. The average Bonchev–Trinajstić information content (AvgIpc) is 3.57. The van der Waals surface area contributed by atoms with E-state index in [0.29, 0.717) is 54.8 Å². The highest BCUT2D eigenvalue weighted by Gasteiger charge is 2.62. The minimum absolute atomic E-state index is 0.0210. The van der Waals surface area contributed by atoms with Crippen molar-refractivity contribution in [1.29, 1.82) is 0 Å². The predicted molar refractivity (Wildman–Crippen MR) is 204 cm³/mol. The first-order valence-electron chi connectivity index (χ1n) is 20.5. The van der Waals surface area contributed by atoms with E-state index in [1.807, 2.05) is 24.4 Å². The lowest BCUT2D eigenvalue weighted by Crippen LogP contribution is -2.70. The van der Waals surface area contributed by atoms with Crippen molar-refractivity contribution >= 4 is 28.7 Å². The lowest BCUT2D eigenvalue weighted by Gasteiger charge is -2.59. The Morgan fingerprint density at radius 3 is 2.21 bits per heavy atom. The fourth-order valence-corrected chi connectivity index (χ4v) is 11.6. The second kappa shape index (κ2) is 13.7. The van der Waals surface area contributed by atoms with E-state index in [-0.39, 0.29) is 35.1 Å². The number of carbonyl (C=O) groups is 2. The summed E-state index contributed by atoms with van der Waals surface area (Å²) in [6.45, 7) is 3.05. The molecule has 1 aromatic carbocycles. The number of benzene rings is 1. The van der Waals surface area contributed by atoms with Gasteiger partial charge < -0.3 is 29.4 Å². The molecule has 11 rings (SSSR count). The summed E-state index contributed by atoms with van der Waals surface area (Å²) in [6.07, 6.45) is 9.52. The summed E-state index contributed by atoms with van der Waals surface area (Å²) >= 11 is 0. The Hall–Kier alpha value is -4.72. The van der Waals surface area contributed by atoms with Gasteiger partial charge in [0, 0.05) is 73.0 Å². The van der Waals surface area contributed by atoms with E-state index in [4.69, 9.17) is 9.47 Å². The maximum absolute atomic E-state index is 14.9. The maximum atomic E-state index is 14.9. The number of amides is 1. The molecule has 7 fully saturated rings. The summed E-state index contributed by atoms with van der Waals surface area (Å²) < 4.78 is 59.1. The highest BCUT2D eigenvalue weighted by atomic mass is 19.4. The number of pyridine rings is 1. The van der Waals surface area contributed by atoms with Gasteiger partial charge in [0.15, 0.2) is 5.69 Å². The number of rotatable bonds is 8. The lowest BCUT2D eigenvalue weighted by molar-refractivity contribution is -0.163. The third kappa shape index (κ3) is 6.33. The fourth-order valence-electron chi connectivity index (χ4n) is 11.6. The Morgan fingerprint density at radius 2 is 1.60 bits per heavy atom. The van der Waals surface area contributed by atoms with E-state index >= 15 is 0 Å². The molecule has 7 aliphatic rings. The van der Waals surface area contributed by atoms with Gasteiger partial charge in [-0.15, -0.1) is 0 Å². The van der Waals surface area contributed by atoms with E-state index in [1.165, 1.54) is 12.1 Å². The number of carboxylic acids is 1. The fraction of sp³-hybridized carbons (Fsp3) is 0.558. The number of anilines is 1. The monoisotopic (exact) mass is 784 g/mol. The molecule has 14 heteroatoms. The Bertz CT molecular complexity index is 2160. The number of aliphatic carboxylic acids is 1. The van der Waals surface area contributed by atoms with E-state index in [9.17, 15) is 27.9 Å². The highest BCUT2D eigenvalue weighted by molar-refractivity contribution is 6.00. The minimum Gasteiger partial charge on any atom is -0.490 e. The molecule has 5 heterocycles. The number of carboxylic acid groups (broad SMARTS) is 1. The van der Waals surface area contributed by atoms with Crippen molar-refractivity contribution in [2.45, 2.75) is 94.5 Å². The Morgan fingerprint density at radius 1 is 0.912 bits per heavy atom.